The van der Waals surface area contributed by atoms with Gasteiger partial charge in [0.05, 0.1) is 12.2 Å². The Hall–Kier alpha value is -2.21. The first-order valence-electron chi connectivity index (χ1n) is 5.77. The van der Waals surface area contributed by atoms with E-state index in [-0.39, 0.29) is 11.9 Å². The van der Waals surface area contributed by atoms with Crippen molar-refractivity contribution in [3.05, 3.63) is 53.3 Å². The molecule has 6 heteroatoms. The van der Waals surface area contributed by atoms with Gasteiger partial charge in [-0.25, -0.2) is 0 Å². The lowest BCUT2D eigenvalue weighted by atomic mass is 10.1. The van der Waals surface area contributed by atoms with Gasteiger partial charge >= 0.3 is 0 Å². The van der Waals surface area contributed by atoms with Crippen LogP contribution in [0.5, 0.6) is 0 Å². The van der Waals surface area contributed by atoms with Crippen LogP contribution in [0.4, 0.5) is 0 Å². The second-order valence-electron chi connectivity index (χ2n) is 4.17. The average molecular weight is 274 g/mol. The number of hydrogen-bond donors (Lipinski definition) is 3. The maximum atomic E-state index is 12.0. The van der Waals surface area contributed by atoms with Gasteiger partial charge in [0.2, 0.25) is 0 Å². The number of nitrogens with zero attached hydrogens (tertiary/aromatic N) is 1. The number of amides is 1. The van der Waals surface area contributed by atoms with Crippen LogP contribution in [-0.4, -0.2) is 21.1 Å². The van der Waals surface area contributed by atoms with Crippen molar-refractivity contribution in [3.63, 3.8) is 0 Å². The molecular weight excluding hydrogens is 260 g/mol. The largest absolute Gasteiger partial charge is 0.389 e. The number of aromatic amines is 1. The number of carbonyl (C=O) groups is 1. The highest BCUT2D eigenvalue weighted by Crippen LogP contribution is 2.11. The van der Waals surface area contributed by atoms with Gasteiger partial charge in [0, 0.05) is 22.9 Å². The topological polar surface area (TPSA) is 83.8 Å². The minimum Gasteiger partial charge on any atom is -0.389 e. The number of hydrogen-bond acceptors (Lipinski definition) is 3. The zero-order valence-corrected chi connectivity index (χ0v) is 11.2. The molecule has 0 saturated carbocycles. The first-order chi connectivity index (χ1) is 9.08. The van der Waals surface area contributed by atoms with Gasteiger partial charge in [-0.15, -0.1) is 0 Å². The molecule has 0 radical (unpaired) electrons. The quantitative estimate of drug-likeness (QED) is 0.738. The van der Waals surface area contributed by atoms with E-state index in [0.717, 1.165) is 11.1 Å². The highest BCUT2D eigenvalue weighted by Gasteiger charge is 2.12. The fraction of sp³-hybridized carbons (Fsp3) is 0.154. The maximum Gasteiger partial charge on any atom is 0.251 e. The van der Waals surface area contributed by atoms with Crippen molar-refractivity contribution in [1.29, 1.82) is 0 Å². The number of aromatic nitrogens is 2. The predicted molar refractivity (Wildman–Crippen MR) is 76.8 cm³/mol. The summed E-state index contributed by atoms with van der Waals surface area (Å²) in [6, 6.07) is 6.76. The van der Waals surface area contributed by atoms with Gasteiger partial charge in [-0.1, -0.05) is 24.4 Å². The van der Waals surface area contributed by atoms with E-state index >= 15 is 0 Å². The van der Waals surface area contributed by atoms with Gasteiger partial charge in [0.1, 0.15) is 4.99 Å². The Bertz CT molecular complexity index is 577. The second kappa shape index (κ2) is 5.62. The van der Waals surface area contributed by atoms with Crippen molar-refractivity contribution in [2.75, 3.05) is 0 Å². The number of H-pyrrole nitrogens is 1. The molecule has 5 nitrogen and oxygen atoms in total. The summed E-state index contributed by atoms with van der Waals surface area (Å²) in [6.07, 6.45) is 3.43. The molecule has 1 aromatic heterocycles. The Kier molecular flexibility index (Phi) is 3.91. The van der Waals surface area contributed by atoms with E-state index < -0.39 is 0 Å². The molecule has 2 aromatic rings. The van der Waals surface area contributed by atoms with E-state index in [1.54, 1.807) is 36.7 Å². The van der Waals surface area contributed by atoms with Crippen molar-refractivity contribution in [1.82, 2.24) is 15.5 Å². The van der Waals surface area contributed by atoms with Gasteiger partial charge in [0.25, 0.3) is 5.91 Å². The third-order valence-electron chi connectivity index (χ3n) is 2.80. The van der Waals surface area contributed by atoms with Crippen molar-refractivity contribution in [2.45, 2.75) is 13.0 Å². The Labute approximate surface area is 116 Å². The molecule has 1 heterocycles. The van der Waals surface area contributed by atoms with E-state index in [2.05, 4.69) is 15.5 Å². The number of nitrogens with two attached hydrogens (primary N) is 1. The summed E-state index contributed by atoms with van der Waals surface area (Å²) in [5.74, 6) is -0.150. The molecule has 4 N–H and O–H groups in total. The molecule has 0 aliphatic rings. The van der Waals surface area contributed by atoms with E-state index in [0.29, 0.717) is 10.6 Å². The van der Waals surface area contributed by atoms with Crippen LogP contribution in [0.2, 0.25) is 0 Å². The number of nitrogens with one attached hydrogen (secondary N) is 2. The molecule has 0 aliphatic carbocycles. The van der Waals surface area contributed by atoms with Crippen LogP contribution in [0.15, 0.2) is 36.7 Å². The van der Waals surface area contributed by atoms with E-state index in [4.69, 9.17) is 18.0 Å². The Balaban J connectivity index is 2.05. The number of carbonyl (C=O) groups excluding carboxylic acids is 1. The summed E-state index contributed by atoms with van der Waals surface area (Å²) < 4.78 is 0. The smallest absolute Gasteiger partial charge is 0.251 e. The normalized spacial score (nSPS) is 11.8. The summed E-state index contributed by atoms with van der Waals surface area (Å²) in [6.45, 7) is 1.89. The fourth-order valence-corrected chi connectivity index (χ4v) is 1.78. The third kappa shape index (κ3) is 3.17. The molecule has 0 spiro atoms. The summed E-state index contributed by atoms with van der Waals surface area (Å²) in [5.41, 5.74) is 7.74. The monoisotopic (exact) mass is 274 g/mol. The Morgan fingerprint density at radius 1 is 1.37 bits per heavy atom. The van der Waals surface area contributed by atoms with Gasteiger partial charge < -0.3 is 11.1 Å². The lowest BCUT2D eigenvalue weighted by Gasteiger charge is -2.12. The Morgan fingerprint density at radius 2 is 2.00 bits per heavy atom. The van der Waals surface area contributed by atoms with Gasteiger partial charge in [-0.3, -0.25) is 9.89 Å². The van der Waals surface area contributed by atoms with Crippen LogP contribution < -0.4 is 11.1 Å². The van der Waals surface area contributed by atoms with Crippen molar-refractivity contribution >= 4 is 23.1 Å². The first kappa shape index (κ1) is 13.2. The van der Waals surface area contributed by atoms with Crippen LogP contribution in [0.25, 0.3) is 0 Å². The van der Waals surface area contributed by atoms with Crippen LogP contribution in [-0.2, 0) is 0 Å². The molecule has 98 valence electrons. The molecule has 1 amide bonds. The molecule has 0 aliphatic heterocycles. The minimum absolute atomic E-state index is 0.110. The second-order valence-corrected chi connectivity index (χ2v) is 4.61. The van der Waals surface area contributed by atoms with Crippen LogP contribution in [0, 0.1) is 0 Å². The zero-order chi connectivity index (χ0) is 13.8. The van der Waals surface area contributed by atoms with Crippen LogP contribution >= 0.6 is 12.2 Å². The van der Waals surface area contributed by atoms with Crippen molar-refractivity contribution in [3.8, 4) is 0 Å². The third-order valence-corrected chi connectivity index (χ3v) is 3.03. The molecule has 0 fully saturated rings. The van der Waals surface area contributed by atoms with Crippen molar-refractivity contribution in [2.24, 2.45) is 5.73 Å². The molecule has 2 rings (SSSR count). The van der Waals surface area contributed by atoms with Gasteiger partial charge in [-0.05, 0) is 19.1 Å². The van der Waals surface area contributed by atoms with E-state index in [1.165, 1.54) is 0 Å². The number of thiocarbonyl (C=S) groups is 1. The number of rotatable bonds is 4. The Morgan fingerprint density at radius 3 is 2.53 bits per heavy atom. The summed E-state index contributed by atoms with van der Waals surface area (Å²) in [5, 5.41) is 9.45. The molecule has 1 unspecified atom stereocenters. The van der Waals surface area contributed by atoms with Crippen LogP contribution in [0.3, 0.4) is 0 Å². The molecule has 0 saturated heterocycles. The van der Waals surface area contributed by atoms with E-state index in [9.17, 15) is 4.79 Å². The van der Waals surface area contributed by atoms with Gasteiger partial charge in [-0.2, -0.15) is 5.10 Å². The van der Waals surface area contributed by atoms with Crippen molar-refractivity contribution < 1.29 is 4.79 Å². The molecular formula is C13H14N4OS. The number of benzene rings is 1. The SMILES string of the molecule is CC(NC(=O)c1ccc(C(N)=S)cc1)c1cn[nH]c1. The van der Waals surface area contributed by atoms with Crippen LogP contribution in [0.1, 0.15) is 34.5 Å². The standard InChI is InChI=1S/C13H14N4OS/c1-8(11-6-15-16-7-11)17-13(18)10-4-2-9(3-5-10)12(14)19/h2-8H,1H3,(H2,14,19)(H,15,16)(H,17,18). The maximum absolute atomic E-state index is 12.0. The van der Waals surface area contributed by atoms with Gasteiger partial charge in [0.15, 0.2) is 0 Å². The molecule has 1 atom stereocenters. The first-order valence-corrected chi connectivity index (χ1v) is 6.18. The highest BCUT2D eigenvalue weighted by atomic mass is 32.1. The van der Waals surface area contributed by atoms with E-state index in [1.807, 2.05) is 6.92 Å². The summed E-state index contributed by atoms with van der Waals surface area (Å²) >= 11 is 4.86. The fourth-order valence-electron chi connectivity index (χ4n) is 1.65. The minimum atomic E-state index is -0.150. The predicted octanol–water partition coefficient (Wildman–Crippen LogP) is 1.53. The molecule has 1 aromatic carbocycles. The molecule has 0 bridgehead atoms. The lowest BCUT2D eigenvalue weighted by Crippen LogP contribution is -2.26. The lowest BCUT2D eigenvalue weighted by molar-refractivity contribution is 0.0940. The zero-order valence-electron chi connectivity index (χ0n) is 10.4. The average Bonchev–Trinajstić information content (AvgIpc) is 2.92. The summed E-state index contributed by atoms with van der Waals surface area (Å²) in [4.78, 5) is 12.3. The molecule has 19 heavy (non-hydrogen) atoms. The summed E-state index contributed by atoms with van der Waals surface area (Å²) in [7, 11) is 0. The highest BCUT2D eigenvalue weighted by molar-refractivity contribution is 7.80.